The number of hydrogen-bond acceptors (Lipinski definition) is 9. The van der Waals surface area contributed by atoms with E-state index in [1.165, 1.54) is 0 Å². The van der Waals surface area contributed by atoms with Gasteiger partial charge in [-0.3, -0.25) is 24.5 Å². The molecule has 0 aliphatic heterocycles. The molecule has 12 heteroatoms. The minimum Gasteiger partial charge on any atom is -0.481 e. The number of primary amides is 1. The molecule has 262 valence electrons. The fourth-order valence-electron chi connectivity index (χ4n) is 5.83. The third kappa shape index (κ3) is 16.0. The third-order valence-corrected chi connectivity index (χ3v) is 7.83. The van der Waals surface area contributed by atoms with Crippen LogP contribution >= 0.6 is 0 Å². The molecule has 0 spiro atoms. The first-order chi connectivity index (χ1) is 21.2. The van der Waals surface area contributed by atoms with Gasteiger partial charge in [-0.25, -0.2) is 0 Å². The van der Waals surface area contributed by atoms with E-state index < -0.39 is 28.9 Å². The normalized spacial score (nSPS) is 13.3. The number of carboxylic acid groups (broad SMARTS) is 1. The zero-order valence-corrected chi connectivity index (χ0v) is 29.2. The molecule has 8 N–H and O–H groups in total. The molecule has 0 aromatic heterocycles. The SMILES string of the molecule is CC(C)(CC(C)(C)NCCOCCOCC(=O)C(C)(C)NC(CCCCNC(=O)c1ccc(N)cc1)C(N)=O)CC(C)(C)C(=O)O. The maximum absolute atomic E-state index is 12.8. The fraction of sp³-hybridized carbons (Fsp3) is 0.706. The molecular formula is C34H59N5O7. The number of benzene rings is 1. The van der Waals surface area contributed by atoms with Crippen molar-refractivity contribution >= 4 is 29.3 Å². The molecule has 1 aromatic rings. The highest BCUT2D eigenvalue weighted by molar-refractivity contribution is 5.94. The molecule has 0 bridgehead atoms. The van der Waals surface area contributed by atoms with Crippen LogP contribution in [0.1, 0.15) is 97.9 Å². The van der Waals surface area contributed by atoms with Gasteiger partial charge < -0.3 is 36.7 Å². The highest BCUT2D eigenvalue weighted by Gasteiger charge is 2.37. The van der Waals surface area contributed by atoms with Crippen LogP contribution in [0, 0.1) is 10.8 Å². The lowest BCUT2D eigenvalue weighted by atomic mass is 9.70. The average Bonchev–Trinajstić information content (AvgIpc) is 2.92. The quantitative estimate of drug-likeness (QED) is 0.0715. The Kier molecular flexibility index (Phi) is 16.3. The van der Waals surface area contributed by atoms with Gasteiger partial charge in [0.25, 0.3) is 5.91 Å². The van der Waals surface area contributed by atoms with E-state index in [0.717, 1.165) is 6.42 Å². The van der Waals surface area contributed by atoms with Crippen molar-refractivity contribution in [2.75, 3.05) is 45.3 Å². The van der Waals surface area contributed by atoms with Crippen molar-refractivity contribution in [3.05, 3.63) is 29.8 Å². The Bertz CT molecular complexity index is 1130. The number of amides is 2. The van der Waals surface area contributed by atoms with Gasteiger partial charge in [0.2, 0.25) is 5.91 Å². The number of hydrogen-bond donors (Lipinski definition) is 6. The molecule has 1 atom stereocenters. The zero-order valence-electron chi connectivity index (χ0n) is 29.2. The number of nitrogens with two attached hydrogens (primary N) is 2. The highest BCUT2D eigenvalue weighted by Crippen LogP contribution is 2.39. The Morgan fingerprint density at radius 3 is 2.04 bits per heavy atom. The average molecular weight is 650 g/mol. The fourth-order valence-corrected chi connectivity index (χ4v) is 5.83. The summed E-state index contributed by atoms with van der Waals surface area (Å²) < 4.78 is 11.2. The molecule has 0 radical (unpaired) electrons. The molecule has 1 rings (SSSR count). The van der Waals surface area contributed by atoms with Gasteiger partial charge in [-0.05, 0) is 103 Å². The van der Waals surface area contributed by atoms with E-state index in [2.05, 4.69) is 43.6 Å². The van der Waals surface area contributed by atoms with Crippen LogP contribution in [0.15, 0.2) is 24.3 Å². The number of carbonyl (C=O) groups excluding carboxylic acids is 3. The van der Waals surface area contributed by atoms with Gasteiger partial charge >= 0.3 is 5.97 Å². The summed E-state index contributed by atoms with van der Waals surface area (Å²) in [6.45, 7) is 17.2. The number of unbranched alkanes of at least 4 members (excludes halogenated alkanes) is 1. The van der Waals surface area contributed by atoms with E-state index in [4.69, 9.17) is 20.9 Å². The Hall–Kier alpha value is -3.06. The molecule has 46 heavy (non-hydrogen) atoms. The molecule has 0 fully saturated rings. The number of carbonyl (C=O) groups is 4. The van der Waals surface area contributed by atoms with Crippen LogP contribution in [-0.4, -0.2) is 85.3 Å². The first-order valence-corrected chi connectivity index (χ1v) is 16.1. The number of anilines is 1. The number of aliphatic carboxylic acids is 1. The third-order valence-electron chi connectivity index (χ3n) is 7.83. The van der Waals surface area contributed by atoms with Crippen molar-refractivity contribution in [1.29, 1.82) is 0 Å². The number of Topliss-reactive ketones (excluding diaryl/α,β-unsaturated/α-hetero) is 1. The van der Waals surface area contributed by atoms with E-state index in [9.17, 15) is 24.3 Å². The second-order valence-corrected chi connectivity index (χ2v) is 14.7. The maximum atomic E-state index is 12.8. The highest BCUT2D eigenvalue weighted by atomic mass is 16.5. The molecule has 0 saturated carbocycles. The number of nitrogens with one attached hydrogen (secondary N) is 3. The lowest BCUT2D eigenvalue weighted by molar-refractivity contribution is -0.149. The summed E-state index contributed by atoms with van der Waals surface area (Å²) in [5, 5.41) is 18.9. The van der Waals surface area contributed by atoms with Gasteiger partial charge in [0.15, 0.2) is 5.78 Å². The Labute approximate surface area is 275 Å². The summed E-state index contributed by atoms with van der Waals surface area (Å²) in [5.41, 5.74) is 10.2. The van der Waals surface area contributed by atoms with Crippen LogP contribution in [0.25, 0.3) is 0 Å². The van der Waals surface area contributed by atoms with Gasteiger partial charge in [-0.1, -0.05) is 13.8 Å². The van der Waals surface area contributed by atoms with Crippen molar-refractivity contribution in [3.8, 4) is 0 Å². The van der Waals surface area contributed by atoms with Crippen molar-refractivity contribution in [2.24, 2.45) is 16.6 Å². The van der Waals surface area contributed by atoms with Crippen LogP contribution in [0.3, 0.4) is 0 Å². The number of ether oxygens (including phenoxy) is 2. The van der Waals surface area contributed by atoms with E-state index in [1.807, 2.05) is 0 Å². The van der Waals surface area contributed by atoms with Crippen molar-refractivity contribution in [1.82, 2.24) is 16.0 Å². The smallest absolute Gasteiger partial charge is 0.309 e. The predicted molar refractivity (Wildman–Crippen MR) is 180 cm³/mol. The molecule has 1 unspecified atom stereocenters. The summed E-state index contributed by atoms with van der Waals surface area (Å²) >= 11 is 0. The minimum atomic E-state index is -1.03. The molecule has 0 aliphatic rings. The monoisotopic (exact) mass is 649 g/mol. The van der Waals surface area contributed by atoms with Gasteiger partial charge in [-0.2, -0.15) is 0 Å². The van der Waals surface area contributed by atoms with E-state index in [0.29, 0.717) is 63.2 Å². The Morgan fingerprint density at radius 1 is 0.848 bits per heavy atom. The summed E-state index contributed by atoms with van der Waals surface area (Å²) in [6, 6.07) is 5.94. The Balaban J connectivity index is 2.31. The Morgan fingerprint density at radius 2 is 1.46 bits per heavy atom. The summed E-state index contributed by atoms with van der Waals surface area (Å²) in [6.07, 6.45) is 3.04. The molecule has 1 aromatic carbocycles. The second-order valence-electron chi connectivity index (χ2n) is 14.7. The molecule has 0 aliphatic carbocycles. The van der Waals surface area contributed by atoms with Crippen LogP contribution in [0.5, 0.6) is 0 Å². The maximum Gasteiger partial charge on any atom is 0.309 e. The first-order valence-electron chi connectivity index (χ1n) is 16.1. The van der Waals surface area contributed by atoms with Crippen LogP contribution in [0.4, 0.5) is 5.69 Å². The molecular weight excluding hydrogens is 590 g/mol. The lowest BCUT2D eigenvalue weighted by Gasteiger charge is -2.39. The summed E-state index contributed by atoms with van der Waals surface area (Å²) in [4.78, 5) is 48.7. The molecule has 12 nitrogen and oxygen atoms in total. The standard InChI is InChI=1S/C34H59N5O7/c1-31(2,22-32(3,4)30(43)44)23-33(5,6)38-17-18-45-19-20-46-21-27(40)34(7,8)39-26(28(36)41)11-9-10-16-37-29(42)24-12-14-25(35)15-13-24/h12-15,26,38-39H,9-11,16-23,35H2,1-8H3,(H2,36,41)(H,37,42)(H,43,44). The molecule has 0 heterocycles. The van der Waals surface area contributed by atoms with Crippen molar-refractivity contribution in [3.63, 3.8) is 0 Å². The number of rotatable bonds is 24. The lowest BCUT2D eigenvalue weighted by Crippen LogP contribution is -2.56. The van der Waals surface area contributed by atoms with E-state index >= 15 is 0 Å². The topological polar surface area (TPSA) is 195 Å². The van der Waals surface area contributed by atoms with Crippen LogP contribution in [0.2, 0.25) is 0 Å². The second kappa shape index (κ2) is 18.3. The van der Waals surface area contributed by atoms with Crippen molar-refractivity contribution in [2.45, 2.75) is 105 Å². The predicted octanol–water partition coefficient (Wildman–Crippen LogP) is 3.28. The number of nitrogen functional groups attached to an aromatic ring is 1. The summed E-state index contributed by atoms with van der Waals surface area (Å²) in [7, 11) is 0. The molecule has 0 saturated heterocycles. The van der Waals surface area contributed by atoms with Gasteiger partial charge in [0, 0.05) is 29.9 Å². The summed E-state index contributed by atoms with van der Waals surface area (Å²) in [5.74, 6) is -1.75. The van der Waals surface area contributed by atoms with Crippen molar-refractivity contribution < 1.29 is 33.8 Å². The van der Waals surface area contributed by atoms with Crippen LogP contribution < -0.4 is 27.4 Å². The van der Waals surface area contributed by atoms with Gasteiger partial charge in [0.05, 0.1) is 36.8 Å². The van der Waals surface area contributed by atoms with E-state index in [1.54, 1.807) is 52.0 Å². The molecule has 2 amide bonds. The number of carboxylic acids is 1. The van der Waals surface area contributed by atoms with Gasteiger partial charge in [-0.15, -0.1) is 0 Å². The largest absolute Gasteiger partial charge is 0.481 e. The number of ketones is 1. The van der Waals surface area contributed by atoms with Crippen LogP contribution in [-0.2, 0) is 23.9 Å². The van der Waals surface area contributed by atoms with E-state index in [-0.39, 0.29) is 35.9 Å². The minimum absolute atomic E-state index is 0.140. The first kappa shape index (κ1) is 41.0. The van der Waals surface area contributed by atoms with Gasteiger partial charge in [0.1, 0.15) is 6.61 Å². The zero-order chi connectivity index (χ0) is 35.2.